The van der Waals surface area contributed by atoms with Crippen LogP contribution in [0, 0.1) is 11.8 Å². The first-order valence-corrected chi connectivity index (χ1v) is 5.94. The second-order valence-electron chi connectivity index (χ2n) is 4.16. The van der Waals surface area contributed by atoms with Crippen molar-refractivity contribution < 1.29 is 19.4 Å². The minimum Gasteiger partial charge on any atom is -0.394 e. The maximum Gasteiger partial charge on any atom is 0.125 e. The minimum absolute atomic E-state index is 0.00727. The first kappa shape index (κ1) is 16.2. The molecular weight excluding hydrogens is 222 g/mol. The third-order valence-electron chi connectivity index (χ3n) is 3.17. The van der Waals surface area contributed by atoms with Crippen LogP contribution >= 0.6 is 0 Å². The first-order valence-electron chi connectivity index (χ1n) is 5.94. The number of hydrogen-bond acceptors (Lipinski definition) is 5. The highest BCUT2D eigenvalue weighted by atomic mass is 16.5. The van der Waals surface area contributed by atoms with E-state index in [-0.39, 0.29) is 30.6 Å². The summed E-state index contributed by atoms with van der Waals surface area (Å²) in [4.78, 5) is 19.7. The number of hydrogen-bond donors (Lipinski definition) is 2. The van der Waals surface area contributed by atoms with Gasteiger partial charge in [-0.3, -0.25) is 0 Å². The van der Waals surface area contributed by atoms with Crippen LogP contribution < -0.4 is 5.73 Å². The van der Waals surface area contributed by atoms with Crippen molar-refractivity contribution >= 4 is 12.6 Å². The number of rotatable bonds is 3. The molecule has 5 heteroatoms. The van der Waals surface area contributed by atoms with Gasteiger partial charge < -0.3 is 25.2 Å². The van der Waals surface area contributed by atoms with E-state index >= 15 is 0 Å². The van der Waals surface area contributed by atoms with Gasteiger partial charge in [-0.15, -0.1) is 0 Å². The van der Waals surface area contributed by atoms with Crippen molar-refractivity contribution in [3.63, 3.8) is 0 Å². The first-order chi connectivity index (χ1) is 8.06. The molecule has 100 valence electrons. The molecule has 17 heavy (non-hydrogen) atoms. The summed E-state index contributed by atoms with van der Waals surface area (Å²) in [5.41, 5.74) is 5.86. The third kappa shape index (κ3) is 4.18. The van der Waals surface area contributed by atoms with E-state index in [1.165, 1.54) is 6.92 Å². The lowest BCUT2D eigenvalue weighted by Crippen LogP contribution is -2.56. The average Bonchev–Trinajstić information content (AvgIpc) is 2.32. The molecule has 0 saturated carbocycles. The van der Waals surface area contributed by atoms with Crippen LogP contribution in [0.2, 0.25) is 0 Å². The maximum absolute atomic E-state index is 10.9. The number of aldehydes is 2. The predicted molar refractivity (Wildman–Crippen MR) is 64.5 cm³/mol. The van der Waals surface area contributed by atoms with Crippen molar-refractivity contribution in [1.29, 1.82) is 0 Å². The molecule has 3 N–H and O–H groups in total. The van der Waals surface area contributed by atoms with Crippen LogP contribution in [-0.4, -0.2) is 42.5 Å². The molecule has 5 atom stereocenters. The van der Waals surface area contributed by atoms with Crippen LogP contribution in [0.1, 0.15) is 27.2 Å². The summed E-state index contributed by atoms with van der Waals surface area (Å²) < 4.78 is 5.55. The lowest BCUT2D eigenvalue weighted by molar-refractivity contribution is -0.142. The van der Waals surface area contributed by atoms with Crippen molar-refractivity contribution in [2.75, 3.05) is 6.61 Å². The Morgan fingerprint density at radius 2 is 1.94 bits per heavy atom. The number of aliphatic hydroxyl groups is 1. The number of nitrogens with two attached hydrogens (primary N) is 1. The molecule has 1 rings (SSSR count). The molecule has 1 aliphatic heterocycles. The summed E-state index contributed by atoms with van der Waals surface area (Å²) in [5.74, 6) is -0.0220. The van der Waals surface area contributed by atoms with E-state index in [4.69, 9.17) is 20.4 Å². The number of ether oxygens (including phenoxy) is 1. The molecule has 1 aliphatic rings. The molecule has 1 fully saturated rings. The second-order valence-corrected chi connectivity index (χ2v) is 4.16. The molecule has 0 aliphatic carbocycles. The van der Waals surface area contributed by atoms with Crippen molar-refractivity contribution in [3.8, 4) is 0 Å². The fourth-order valence-corrected chi connectivity index (χ4v) is 2.27. The van der Waals surface area contributed by atoms with Crippen molar-refractivity contribution in [3.05, 3.63) is 0 Å². The summed E-state index contributed by atoms with van der Waals surface area (Å²) in [6, 6.07) is -0.376. The third-order valence-corrected chi connectivity index (χ3v) is 3.17. The molecule has 0 amide bonds. The van der Waals surface area contributed by atoms with Crippen LogP contribution in [0.4, 0.5) is 0 Å². The SMILES string of the molecule is CC=O.CC[C@@H]1C(C)O[C@@H](CO)C(N)[C@@H]1C=O. The Morgan fingerprint density at radius 1 is 1.41 bits per heavy atom. The normalized spacial score (nSPS) is 36.6. The van der Waals surface area contributed by atoms with Crippen LogP contribution in [0.5, 0.6) is 0 Å². The molecule has 1 heterocycles. The Morgan fingerprint density at radius 3 is 2.29 bits per heavy atom. The molecule has 0 aromatic rings. The van der Waals surface area contributed by atoms with Gasteiger partial charge in [0.05, 0.1) is 18.8 Å². The lowest BCUT2D eigenvalue weighted by atomic mass is 9.78. The van der Waals surface area contributed by atoms with E-state index in [2.05, 4.69) is 0 Å². The molecule has 0 aromatic heterocycles. The monoisotopic (exact) mass is 245 g/mol. The largest absolute Gasteiger partial charge is 0.394 e. The number of carbonyl (C=O) groups excluding carboxylic acids is 2. The molecule has 0 spiro atoms. The summed E-state index contributed by atoms with van der Waals surface area (Å²) >= 11 is 0. The molecule has 0 radical (unpaired) electrons. The van der Waals surface area contributed by atoms with E-state index in [9.17, 15) is 4.79 Å². The Balaban J connectivity index is 0.000000770. The van der Waals surface area contributed by atoms with Gasteiger partial charge in [0, 0.05) is 12.0 Å². The highest BCUT2D eigenvalue weighted by Gasteiger charge is 2.40. The lowest BCUT2D eigenvalue weighted by Gasteiger charge is -2.41. The smallest absolute Gasteiger partial charge is 0.125 e. The van der Waals surface area contributed by atoms with Crippen molar-refractivity contribution in [2.45, 2.75) is 45.4 Å². The van der Waals surface area contributed by atoms with E-state index < -0.39 is 6.10 Å². The van der Waals surface area contributed by atoms with E-state index in [1.807, 2.05) is 13.8 Å². The predicted octanol–water partition coefficient (Wildman–Crippen LogP) is 0.140. The van der Waals surface area contributed by atoms with E-state index in [1.54, 1.807) is 0 Å². The maximum atomic E-state index is 10.9. The summed E-state index contributed by atoms with van der Waals surface area (Å²) in [6.07, 6.45) is 2.12. The van der Waals surface area contributed by atoms with Gasteiger partial charge >= 0.3 is 0 Å². The summed E-state index contributed by atoms with van der Waals surface area (Å²) in [6.45, 7) is 5.28. The van der Waals surface area contributed by atoms with Gasteiger partial charge in [0.25, 0.3) is 0 Å². The zero-order valence-corrected chi connectivity index (χ0v) is 10.7. The van der Waals surface area contributed by atoms with Gasteiger partial charge in [-0.2, -0.15) is 0 Å². The molecular formula is C12H23NO4. The highest BCUT2D eigenvalue weighted by Crippen LogP contribution is 2.30. The topological polar surface area (TPSA) is 89.6 Å². The van der Waals surface area contributed by atoms with E-state index in [0.717, 1.165) is 19.0 Å². The zero-order chi connectivity index (χ0) is 13.4. The summed E-state index contributed by atoms with van der Waals surface area (Å²) in [5, 5.41) is 9.03. The second kappa shape index (κ2) is 8.33. The van der Waals surface area contributed by atoms with Crippen LogP contribution in [0.15, 0.2) is 0 Å². The van der Waals surface area contributed by atoms with Gasteiger partial charge in [0.2, 0.25) is 0 Å². The van der Waals surface area contributed by atoms with Crippen molar-refractivity contribution in [2.24, 2.45) is 17.6 Å². The molecule has 5 nitrogen and oxygen atoms in total. The van der Waals surface area contributed by atoms with Gasteiger partial charge in [0.1, 0.15) is 12.6 Å². The Hall–Kier alpha value is -0.780. The Bertz CT molecular complexity index is 235. The number of aliphatic hydroxyl groups excluding tert-OH is 1. The minimum atomic E-state index is -0.400. The Kier molecular flexibility index (Phi) is 7.95. The molecule has 2 unspecified atom stereocenters. The molecule has 0 bridgehead atoms. The Labute approximate surface area is 102 Å². The van der Waals surface area contributed by atoms with Crippen LogP contribution in [-0.2, 0) is 14.3 Å². The average molecular weight is 245 g/mol. The fourth-order valence-electron chi connectivity index (χ4n) is 2.27. The fraction of sp³-hybridized carbons (Fsp3) is 0.833. The van der Waals surface area contributed by atoms with Crippen LogP contribution in [0.25, 0.3) is 0 Å². The highest BCUT2D eigenvalue weighted by molar-refractivity contribution is 5.56. The van der Waals surface area contributed by atoms with Crippen molar-refractivity contribution in [1.82, 2.24) is 0 Å². The van der Waals surface area contributed by atoms with E-state index in [0.29, 0.717) is 0 Å². The van der Waals surface area contributed by atoms with Gasteiger partial charge in [0.15, 0.2) is 0 Å². The number of carbonyl (C=O) groups is 2. The quantitative estimate of drug-likeness (QED) is 0.690. The standard InChI is InChI=1S/C10H19NO3.C2H4O/c1-3-7-6(2)14-9(5-13)10(11)8(7)4-12;1-2-3/h4,6-10,13H,3,5,11H2,1-2H3;2H,1H3/t6?,7-,8-,9+,10?;/m1./s1. The molecule has 1 saturated heterocycles. The van der Waals surface area contributed by atoms with Gasteiger partial charge in [-0.1, -0.05) is 13.3 Å². The summed E-state index contributed by atoms with van der Waals surface area (Å²) in [7, 11) is 0. The van der Waals surface area contributed by atoms with Crippen LogP contribution in [0.3, 0.4) is 0 Å². The zero-order valence-electron chi connectivity index (χ0n) is 10.7. The van der Waals surface area contributed by atoms with Gasteiger partial charge in [-0.05, 0) is 19.8 Å². The van der Waals surface area contributed by atoms with Gasteiger partial charge in [-0.25, -0.2) is 0 Å². The molecule has 0 aromatic carbocycles.